The lowest BCUT2D eigenvalue weighted by molar-refractivity contribution is 0.234. The molecule has 110 valence electrons. The summed E-state index contributed by atoms with van der Waals surface area (Å²) in [5.74, 6) is 0.799. The summed E-state index contributed by atoms with van der Waals surface area (Å²) in [4.78, 5) is 15.5. The number of carbonyl (C=O) groups is 1. The molecule has 0 aliphatic carbocycles. The molecule has 2 aromatic rings. The van der Waals surface area contributed by atoms with E-state index < -0.39 is 6.03 Å². The van der Waals surface area contributed by atoms with Crippen molar-refractivity contribution in [2.24, 2.45) is 0 Å². The number of hydrogen-bond donors (Lipinski definition) is 2. The third-order valence-electron chi connectivity index (χ3n) is 2.32. The summed E-state index contributed by atoms with van der Waals surface area (Å²) in [5.41, 5.74) is 0. The van der Waals surface area contributed by atoms with Crippen LogP contribution in [0.4, 0.5) is 10.6 Å². The average molecular weight is 347 g/mol. The Morgan fingerprint density at radius 2 is 1.90 bits per heavy atom. The fraction of sp³-hybridized carbons (Fsp3) is 0.0769. The van der Waals surface area contributed by atoms with Crippen molar-refractivity contribution < 1.29 is 9.53 Å². The van der Waals surface area contributed by atoms with Crippen LogP contribution in [0.15, 0.2) is 36.5 Å². The summed E-state index contributed by atoms with van der Waals surface area (Å²) < 4.78 is 5.32. The summed E-state index contributed by atoms with van der Waals surface area (Å²) in [7, 11) is 0. The van der Waals surface area contributed by atoms with Crippen LogP contribution >= 0.6 is 34.8 Å². The van der Waals surface area contributed by atoms with Gasteiger partial charge in [0.2, 0.25) is 0 Å². The van der Waals surface area contributed by atoms with Gasteiger partial charge in [0.1, 0.15) is 11.6 Å². The van der Waals surface area contributed by atoms with Crippen LogP contribution in [0.2, 0.25) is 15.1 Å². The van der Waals surface area contributed by atoms with Crippen LogP contribution in [-0.4, -0.2) is 17.7 Å². The molecule has 0 aliphatic heterocycles. The fourth-order valence-electron chi connectivity index (χ4n) is 1.38. The summed E-state index contributed by atoms with van der Waals surface area (Å²) in [6, 6.07) is 7.55. The highest BCUT2D eigenvalue weighted by Crippen LogP contribution is 2.27. The summed E-state index contributed by atoms with van der Waals surface area (Å²) in [6.45, 7) is -0.0548. The fourth-order valence-corrected chi connectivity index (χ4v) is 1.96. The minimum absolute atomic E-state index is 0.0548. The van der Waals surface area contributed by atoms with Gasteiger partial charge in [-0.1, -0.05) is 34.8 Å². The smallest absolute Gasteiger partial charge is 0.323 e. The lowest BCUT2D eigenvalue weighted by atomic mass is 10.3. The summed E-state index contributed by atoms with van der Waals surface area (Å²) in [6.07, 6.45) is 1.43. The van der Waals surface area contributed by atoms with Gasteiger partial charge in [-0.2, -0.15) is 0 Å². The molecule has 1 heterocycles. The van der Waals surface area contributed by atoms with E-state index >= 15 is 0 Å². The molecule has 0 aliphatic rings. The molecule has 21 heavy (non-hydrogen) atoms. The molecule has 0 unspecified atom stereocenters. The van der Waals surface area contributed by atoms with Gasteiger partial charge in [0.05, 0.1) is 10.0 Å². The maximum absolute atomic E-state index is 11.6. The van der Waals surface area contributed by atoms with Gasteiger partial charge in [0, 0.05) is 11.2 Å². The lowest BCUT2D eigenvalue weighted by Crippen LogP contribution is -2.32. The molecule has 2 amide bonds. The minimum Gasteiger partial charge on any atom is -0.472 e. The molecular formula is C13H10Cl3N3O2. The van der Waals surface area contributed by atoms with Crippen molar-refractivity contribution >= 4 is 46.7 Å². The largest absolute Gasteiger partial charge is 0.472 e. The first-order valence-corrected chi connectivity index (χ1v) is 6.92. The number of benzene rings is 1. The number of halogens is 3. The standard InChI is InChI=1S/C13H10Cl3N3O2/c14-8-1-3-11(10(16)5-8)21-7-18-13(20)19-12-4-2-9(15)6-17-12/h1-6H,7H2,(H2,17,18,19,20). The zero-order chi connectivity index (χ0) is 15.2. The normalized spacial score (nSPS) is 10.0. The van der Waals surface area contributed by atoms with E-state index in [2.05, 4.69) is 15.6 Å². The number of nitrogens with one attached hydrogen (secondary N) is 2. The quantitative estimate of drug-likeness (QED) is 0.816. The Balaban J connectivity index is 1.80. The maximum Gasteiger partial charge on any atom is 0.323 e. The van der Waals surface area contributed by atoms with Crippen molar-refractivity contribution in [3.05, 3.63) is 51.6 Å². The average Bonchev–Trinajstić information content (AvgIpc) is 2.44. The van der Waals surface area contributed by atoms with E-state index in [0.29, 0.717) is 26.6 Å². The number of nitrogens with zero attached hydrogens (tertiary/aromatic N) is 1. The Hall–Kier alpha value is -1.69. The van der Waals surface area contributed by atoms with E-state index in [-0.39, 0.29) is 6.73 Å². The molecule has 0 saturated carbocycles. The van der Waals surface area contributed by atoms with E-state index in [1.165, 1.54) is 6.20 Å². The third kappa shape index (κ3) is 4.97. The van der Waals surface area contributed by atoms with Crippen molar-refractivity contribution in [1.29, 1.82) is 0 Å². The number of urea groups is 1. The highest BCUT2D eigenvalue weighted by molar-refractivity contribution is 6.35. The van der Waals surface area contributed by atoms with Gasteiger partial charge >= 0.3 is 6.03 Å². The Kier molecular flexibility index (Phi) is 5.50. The number of rotatable bonds is 4. The Labute approximate surface area is 136 Å². The molecule has 8 heteroatoms. The molecule has 0 spiro atoms. The molecule has 0 saturated heterocycles. The molecule has 2 rings (SSSR count). The van der Waals surface area contributed by atoms with Crippen LogP contribution in [0.25, 0.3) is 0 Å². The van der Waals surface area contributed by atoms with E-state index in [0.717, 1.165) is 0 Å². The number of ether oxygens (including phenoxy) is 1. The van der Waals surface area contributed by atoms with Gasteiger partial charge in [-0.25, -0.2) is 9.78 Å². The highest BCUT2D eigenvalue weighted by Gasteiger charge is 2.05. The van der Waals surface area contributed by atoms with Gasteiger partial charge in [0.25, 0.3) is 0 Å². The lowest BCUT2D eigenvalue weighted by Gasteiger charge is -2.10. The van der Waals surface area contributed by atoms with Crippen molar-refractivity contribution in [2.45, 2.75) is 0 Å². The molecule has 2 N–H and O–H groups in total. The number of anilines is 1. The van der Waals surface area contributed by atoms with Crippen LogP contribution < -0.4 is 15.4 Å². The second-order valence-corrected chi connectivity index (χ2v) is 5.14. The second-order valence-electron chi connectivity index (χ2n) is 3.86. The molecule has 0 radical (unpaired) electrons. The SMILES string of the molecule is O=C(NCOc1ccc(Cl)cc1Cl)Nc1ccc(Cl)cn1. The first kappa shape index (κ1) is 15.7. The molecule has 5 nitrogen and oxygen atoms in total. The van der Waals surface area contributed by atoms with Gasteiger partial charge in [-0.15, -0.1) is 0 Å². The van der Waals surface area contributed by atoms with Crippen molar-refractivity contribution in [1.82, 2.24) is 10.3 Å². The summed E-state index contributed by atoms with van der Waals surface area (Å²) in [5, 5.41) is 6.38. The zero-order valence-corrected chi connectivity index (χ0v) is 12.8. The third-order valence-corrected chi connectivity index (χ3v) is 3.08. The van der Waals surface area contributed by atoms with E-state index in [4.69, 9.17) is 39.5 Å². The highest BCUT2D eigenvalue weighted by atomic mass is 35.5. The van der Waals surface area contributed by atoms with E-state index in [9.17, 15) is 4.79 Å². The molecule has 0 bridgehead atoms. The maximum atomic E-state index is 11.6. The van der Waals surface area contributed by atoms with Crippen molar-refractivity contribution in [3.63, 3.8) is 0 Å². The number of hydrogen-bond acceptors (Lipinski definition) is 3. The van der Waals surface area contributed by atoms with Crippen LogP contribution in [0.5, 0.6) is 5.75 Å². The van der Waals surface area contributed by atoms with Crippen molar-refractivity contribution in [3.8, 4) is 5.75 Å². The Bertz CT molecular complexity index is 635. The molecule has 0 atom stereocenters. The predicted molar refractivity (Wildman–Crippen MR) is 83.4 cm³/mol. The second kappa shape index (κ2) is 7.36. The first-order chi connectivity index (χ1) is 10.0. The van der Waals surface area contributed by atoms with Crippen LogP contribution in [-0.2, 0) is 0 Å². The van der Waals surface area contributed by atoms with Gasteiger partial charge in [-0.05, 0) is 30.3 Å². The van der Waals surface area contributed by atoms with E-state index in [1.54, 1.807) is 30.3 Å². The Morgan fingerprint density at radius 1 is 1.14 bits per heavy atom. The van der Waals surface area contributed by atoms with Crippen molar-refractivity contribution in [2.75, 3.05) is 12.0 Å². The Morgan fingerprint density at radius 3 is 2.57 bits per heavy atom. The monoisotopic (exact) mass is 345 g/mol. The van der Waals surface area contributed by atoms with E-state index in [1.807, 2.05) is 0 Å². The number of amides is 2. The van der Waals surface area contributed by atoms with Gasteiger partial charge in [0.15, 0.2) is 6.73 Å². The summed E-state index contributed by atoms with van der Waals surface area (Å²) >= 11 is 17.4. The number of carbonyl (C=O) groups excluding carboxylic acids is 1. The number of pyridine rings is 1. The number of aromatic nitrogens is 1. The molecular weight excluding hydrogens is 337 g/mol. The van der Waals surface area contributed by atoms with Gasteiger partial charge in [-0.3, -0.25) is 5.32 Å². The topological polar surface area (TPSA) is 63.2 Å². The van der Waals surface area contributed by atoms with Crippen LogP contribution in [0.1, 0.15) is 0 Å². The van der Waals surface area contributed by atoms with Gasteiger partial charge < -0.3 is 10.1 Å². The zero-order valence-electron chi connectivity index (χ0n) is 10.6. The van der Waals surface area contributed by atoms with Crippen LogP contribution in [0, 0.1) is 0 Å². The molecule has 0 fully saturated rings. The molecule has 1 aromatic carbocycles. The predicted octanol–water partition coefficient (Wildman–Crippen LogP) is 4.20. The minimum atomic E-state index is -0.463. The van der Waals surface area contributed by atoms with Crippen LogP contribution in [0.3, 0.4) is 0 Å². The first-order valence-electron chi connectivity index (χ1n) is 5.79. The molecule has 1 aromatic heterocycles.